The minimum Gasteiger partial charge on any atom is -0.263 e. The third-order valence-electron chi connectivity index (χ3n) is 2.27. The summed E-state index contributed by atoms with van der Waals surface area (Å²) in [6.07, 6.45) is 1.33. The molecule has 2 aromatic rings. The van der Waals surface area contributed by atoms with Gasteiger partial charge in [-0.2, -0.15) is 0 Å². The first-order chi connectivity index (χ1) is 8.88. The Labute approximate surface area is 124 Å². The zero-order valence-electron chi connectivity index (χ0n) is 9.76. The van der Waals surface area contributed by atoms with Crippen LogP contribution in [0, 0.1) is 6.92 Å². The largest absolute Gasteiger partial charge is 0.263 e. The van der Waals surface area contributed by atoms with Crippen molar-refractivity contribution in [2.75, 3.05) is 4.72 Å². The van der Waals surface area contributed by atoms with Crippen molar-refractivity contribution in [1.82, 2.24) is 9.97 Å². The average Bonchev–Trinajstić information content (AvgIpc) is 2.33. The number of rotatable bonds is 3. The van der Waals surface area contributed by atoms with Gasteiger partial charge in [-0.1, -0.05) is 11.6 Å². The highest BCUT2D eigenvalue weighted by Gasteiger charge is 2.15. The second-order valence-corrected chi connectivity index (χ2v) is 6.61. The summed E-state index contributed by atoms with van der Waals surface area (Å²) in [5.41, 5.74) is 0.688. The van der Waals surface area contributed by atoms with Crippen LogP contribution in [-0.2, 0) is 10.0 Å². The third kappa shape index (κ3) is 3.43. The van der Waals surface area contributed by atoms with Gasteiger partial charge in [0.25, 0.3) is 10.0 Å². The molecule has 0 unspecified atom stereocenters. The topological polar surface area (TPSA) is 72.0 Å². The molecule has 100 valence electrons. The average molecular weight is 363 g/mol. The smallest absolute Gasteiger partial charge is 0.263 e. The number of nitrogens with zero attached hydrogens (tertiary/aromatic N) is 2. The number of hydrogen-bond donors (Lipinski definition) is 1. The van der Waals surface area contributed by atoms with Crippen molar-refractivity contribution in [1.29, 1.82) is 0 Å². The number of halogens is 2. The highest BCUT2D eigenvalue weighted by molar-refractivity contribution is 9.10. The molecule has 0 bridgehead atoms. The molecule has 0 saturated carbocycles. The van der Waals surface area contributed by atoms with Crippen LogP contribution in [0.1, 0.15) is 5.69 Å². The molecule has 8 heteroatoms. The normalized spacial score (nSPS) is 11.3. The molecule has 2 rings (SSSR count). The van der Waals surface area contributed by atoms with Gasteiger partial charge in [-0.05, 0) is 47.1 Å². The van der Waals surface area contributed by atoms with Crippen LogP contribution in [0.3, 0.4) is 0 Å². The molecule has 0 spiro atoms. The van der Waals surface area contributed by atoms with E-state index in [2.05, 4.69) is 30.6 Å². The minimum absolute atomic E-state index is 0.0369. The molecule has 1 N–H and O–H groups in total. The lowest BCUT2D eigenvalue weighted by molar-refractivity contribution is 0.601. The van der Waals surface area contributed by atoms with Crippen LogP contribution < -0.4 is 4.72 Å². The first kappa shape index (κ1) is 14.2. The van der Waals surface area contributed by atoms with E-state index in [1.807, 2.05) is 0 Å². The fourth-order valence-electron chi connectivity index (χ4n) is 1.35. The van der Waals surface area contributed by atoms with Gasteiger partial charge in [-0.3, -0.25) is 4.72 Å². The fraction of sp³-hybridized carbons (Fsp3) is 0.0909. The van der Waals surface area contributed by atoms with Crippen LogP contribution in [0.4, 0.5) is 5.82 Å². The molecule has 0 aromatic carbocycles. The van der Waals surface area contributed by atoms with Crippen molar-refractivity contribution in [2.24, 2.45) is 0 Å². The first-order valence-electron chi connectivity index (χ1n) is 5.16. The number of pyridine rings is 2. The van der Waals surface area contributed by atoms with Crippen LogP contribution in [0.15, 0.2) is 39.8 Å². The SMILES string of the molecule is Cc1nc(NS(=O)(=O)c2ccnc(Cl)c2)ccc1Br. The molecule has 0 aliphatic rings. The van der Waals surface area contributed by atoms with Crippen molar-refractivity contribution in [3.63, 3.8) is 0 Å². The minimum atomic E-state index is -3.72. The van der Waals surface area contributed by atoms with E-state index in [1.54, 1.807) is 19.1 Å². The van der Waals surface area contributed by atoms with E-state index in [1.165, 1.54) is 18.3 Å². The van der Waals surface area contributed by atoms with Gasteiger partial charge < -0.3 is 0 Å². The van der Waals surface area contributed by atoms with Gasteiger partial charge in [-0.25, -0.2) is 18.4 Å². The fourth-order valence-corrected chi connectivity index (χ4v) is 2.82. The monoisotopic (exact) mass is 361 g/mol. The van der Waals surface area contributed by atoms with Gasteiger partial charge >= 0.3 is 0 Å². The number of anilines is 1. The van der Waals surface area contributed by atoms with Crippen molar-refractivity contribution >= 4 is 43.4 Å². The molecule has 2 heterocycles. The lowest BCUT2D eigenvalue weighted by atomic mass is 10.4. The molecule has 19 heavy (non-hydrogen) atoms. The maximum absolute atomic E-state index is 12.1. The zero-order valence-corrected chi connectivity index (χ0v) is 12.9. The summed E-state index contributed by atoms with van der Waals surface area (Å²) in [5.74, 6) is 0.244. The number of aromatic nitrogens is 2. The summed E-state index contributed by atoms with van der Waals surface area (Å²) >= 11 is 8.97. The Bertz CT molecular complexity index is 722. The predicted octanol–water partition coefficient (Wildman–Crippen LogP) is 3.00. The maximum atomic E-state index is 12.1. The Morgan fingerprint density at radius 2 is 2.05 bits per heavy atom. The molecular weight excluding hydrogens is 354 g/mol. The number of sulfonamides is 1. The second-order valence-electron chi connectivity index (χ2n) is 3.68. The molecule has 2 aromatic heterocycles. The standard InChI is InChI=1S/C11H9BrClN3O2S/c1-7-9(12)2-3-11(15-7)16-19(17,18)8-4-5-14-10(13)6-8/h2-6H,1H3,(H,15,16). The molecule has 0 amide bonds. The molecule has 0 aliphatic heterocycles. The molecule has 0 fully saturated rings. The van der Waals surface area contributed by atoms with Gasteiger partial charge in [-0.15, -0.1) is 0 Å². The zero-order chi connectivity index (χ0) is 14.0. The number of aryl methyl sites for hydroxylation is 1. The number of hydrogen-bond acceptors (Lipinski definition) is 4. The molecule has 0 aliphatic carbocycles. The van der Waals surface area contributed by atoms with Gasteiger partial charge in [0.15, 0.2) is 0 Å². The summed E-state index contributed by atoms with van der Waals surface area (Å²) in [4.78, 5) is 7.89. The quantitative estimate of drug-likeness (QED) is 0.852. The van der Waals surface area contributed by atoms with Crippen molar-refractivity contribution < 1.29 is 8.42 Å². The molecule has 0 atom stereocenters. The van der Waals surface area contributed by atoms with Crippen LogP contribution in [0.2, 0.25) is 5.15 Å². The molecule has 0 radical (unpaired) electrons. The second kappa shape index (κ2) is 5.44. The van der Waals surface area contributed by atoms with Crippen molar-refractivity contribution in [3.8, 4) is 0 Å². The van der Waals surface area contributed by atoms with E-state index >= 15 is 0 Å². The van der Waals surface area contributed by atoms with E-state index in [0.717, 1.165) is 4.47 Å². The van der Waals surface area contributed by atoms with Gasteiger partial charge in [0.2, 0.25) is 0 Å². The Kier molecular flexibility index (Phi) is 4.07. The third-order valence-corrected chi connectivity index (χ3v) is 4.67. The Morgan fingerprint density at radius 1 is 1.32 bits per heavy atom. The summed E-state index contributed by atoms with van der Waals surface area (Å²) in [6, 6.07) is 5.92. The number of nitrogens with one attached hydrogen (secondary N) is 1. The van der Waals surface area contributed by atoms with Gasteiger partial charge in [0.1, 0.15) is 11.0 Å². The molecule has 5 nitrogen and oxygen atoms in total. The van der Waals surface area contributed by atoms with E-state index < -0.39 is 10.0 Å². The first-order valence-corrected chi connectivity index (χ1v) is 7.81. The van der Waals surface area contributed by atoms with Crippen molar-refractivity contribution in [3.05, 3.63) is 45.8 Å². The van der Waals surface area contributed by atoms with Crippen molar-refractivity contribution in [2.45, 2.75) is 11.8 Å². The van der Waals surface area contributed by atoms with E-state index in [4.69, 9.17) is 11.6 Å². The lowest BCUT2D eigenvalue weighted by Crippen LogP contribution is -2.14. The van der Waals surface area contributed by atoms with Crippen LogP contribution in [-0.4, -0.2) is 18.4 Å². The highest BCUT2D eigenvalue weighted by atomic mass is 79.9. The molecular formula is C11H9BrClN3O2S. The predicted molar refractivity (Wildman–Crippen MR) is 76.7 cm³/mol. The summed E-state index contributed by atoms with van der Waals surface area (Å²) in [5, 5.41) is 0.114. The van der Waals surface area contributed by atoms with E-state index in [9.17, 15) is 8.42 Å². The Morgan fingerprint density at radius 3 is 2.68 bits per heavy atom. The summed E-state index contributed by atoms with van der Waals surface area (Å²) in [7, 11) is -3.72. The van der Waals surface area contributed by atoms with Gasteiger partial charge in [0.05, 0.1) is 10.6 Å². The van der Waals surface area contributed by atoms with Gasteiger partial charge in [0, 0.05) is 10.7 Å². The van der Waals surface area contributed by atoms with Crippen LogP contribution >= 0.6 is 27.5 Å². The van der Waals surface area contributed by atoms with E-state index in [0.29, 0.717) is 5.69 Å². The highest BCUT2D eigenvalue weighted by Crippen LogP contribution is 2.20. The lowest BCUT2D eigenvalue weighted by Gasteiger charge is -2.08. The van der Waals surface area contributed by atoms with Crippen LogP contribution in [0.25, 0.3) is 0 Å². The summed E-state index contributed by atoms with van der Waals surface area (Å²) < 4.78 is 27.4. The maximum Gasteiger partial charge on any atom is 0.263 e. The van der Waals surface area contributed by atoms with Crippen LogP contribution in [0.5, 0.6) is 0 Å². The Hall–Kier alpha value is -1.18. The Balaban J connectivity index is 2.33. The summed E-state index contributed by atoms with van der Waals surface area (Å²) in [6.45, 7) is 1.77. The molecule has 0 saturated heterocycles. The van der Waals surface area contributed by atoms with E-state index in [-0.39, 0.29) is 15.9 Å².